The summed E-state index contributed by atoms with van der Waals surface area (Å²) in [7, 11) is 2.17. The van der Waals surface area contributed by atoms with Crippen LogP contribution in [0.1, 0.15) is 26.7 Å². The lowest BCUT2D eigenvalue weighted by Gasteiger charge is -2.29. The van der Waals surface area contributed by atoms with E-state index in [2.05, 4.69) is 31.3 Å². The molecule has 0 saturated carbocycles. The van der Waals surface area contributed by atoms with Gasteiger partial charge in [0.1, 0.15) is 0 Å². The van der Waals surface area contributed by atoms with Crippen LogP contribution < -0.4 is 5.48 Å². The van der Waals surface area contributed by atoms with Crippen LogP contribution in [0.5, 0.6) is 0 Å². The minimum absolute atomic E-state index is 0.565. The molecule has 0 aromatic rings. The van der Waals surface area contributed by atoms with Crippen LogP contribution in [-0.4, -0.2) is 37.7 Å². The van der Waals surface area contributed by atoms with Crippen molar-refractivity contribution in [2.24, 2.45) is 5.92 Å². The number of piperidine rings is 1. The maximum absolute atomic E-state index is 5.40. The predicted molar refractivity (Wildman–Crippen MR) is 54.4 cm³/mol. The second-order valence-electron chi connectivity index (χ2n) is 4.40. The molecule has 0 bridgehead atoms. The van der Waals surface area contributed by atoms with Crippen molar-refractivity contribution < 1.29 is 4.84 Å². The Bertz CT molecular complexity index is 131. The molecule has 0 amide bonds. The molecule has 1 aliphatic rings. The quantitative estimate of drug-likeness (QED) is 0.669. The van der Waals surface area contributed by atoms with E-state index in [0.717, 1.165) is 6.61 Å². The minimum atomic E-state index is 0.565. The zero-order valence-electron chi connectivity index (χ0n) is 9.05. The highest BCUT2D eigenvalue weighted by atomic mass is 16.6. The predicted octanol–water partition coefficient (Wildman–Crippen LogP) is 1.26. The molecule has 13 heavy (non-hydrogen) atoms. The third-order valence-electron chi connectivity index (χ3n) is 2.39. The maximum atomic E-state index is 5.40. The molecule has 0 radical (unpaired) electrons. The van der Waals surface area contributed by atoms with Crippen molar-refractivity contribution in [1.29, 1.82) is 0 Å². The average Bonchev–Trinajstić information content (AvgIpc) is 2.08. The Labute approximate surface area is 81.4 Å². The zero-order chi connectivity index (χ0) is 9.68. The van der Waals surface area contributed by atoms with Crippen molar-refractivity contribution in [3.05, 3.63) is 0 Å². The molecule has 1 aliphatic heterocycles. The smallest absolute Gasteiger partial charge is 0.0705 e. The van der Waals surface area contributed by atoms with Crippen LogP contribution in [-0.2, 0) is 4.84 Å². The second kappa shape index (κ2) is 5.58. The molecule has 3 heteroatoms. The number of hydrogen-bond acceptors (Lipinski definition) is 3. The molecule has 1 heterocycles. The van der Waals surface area contributed by atoms with E-state index in [1.165, 1.54) is 25.9 Å². The van der Waals surface area contributed by atoms with Gasteiger partial charge in [-0.1, -0.05) is 13.8 Å². The van der Waals surface area contributed by atoms with E-state index in [1.54, 1.807) is 0 Å². The van der Waals surface area contributed by atoms with Gasteiger partial charge >= 0.3 is 0 Å². The topological polar surface area (TPSA) is 24.5 Å². The molecule has 78 valence electrons. The zero-order valence-corrected chi connectivity index (χ0v) is 9.05. The standard InChI is InChI=1S/C10H22N2O/c1-9(2)8-13-11-10-4-6-12(3)7-5-10/h9-11H,4-8H2,1-3H3. The first-order chi connectivity index (χ1) is 6.18. The van der Waals surface area contributed by atoms with Crippen molar-refractivity contribution in [3.8, 4) is 0 Å². The number of hydrogen-bond donors (Lipinski definition) is 1. The van der Waals surface area contributed by atoms with Gasteiger partial charge in [-0.2, -0.15) is 5.48 Å². The summed E-state index contributed by atoms with van der Waals surface area (Å²) >= 11 is 0. The highest BCUT2D eigenvalue weighted by Gasteiger charge is 2.15. The van der Waals surface area contributed by atoms with Gasteiger partial charge in [-0.25, -0.2) is 0 Å². The molecular weight excluding hydrogens is 164 g/mol. The molecule has 3 nitrogen and oxygen atoms in total. The second-order valence-corrected chi connectivity index (χ2v) is 4.40. The summed E-state index contributed by atoms with van der Waals surface area (Å²) < 4.78 is 0. The van der Waals surface area contributed by atoms with E-state index < -0.39 is 0 Å². The molecule has 0 spiro atoms. The van der Waals surface area contributed by atoms with Crippen LogP contribution in [0.4, 0.5) is 0 Å². The molecule has 1 fully saturated rings. The summed E-state index contributed by atoms with van der Waals surface area (Å²) in [5, 5.41) is 0. The average molecular weight is 186 g/mol. The van der Waals surface area contributed by atoms with Crippen LogP contribution in [0.3, 0.4) is 0 Å². The molecule has 0 aromatic heterocycles. The molecule has 1 rings (SSSR count). The molecule has 0 atom stereocenters. The number of nitrogens with one attached hydrogen (secondary N) is 1. The first kappa shape index (κ1) is 11.0. The number of rotatable bonds is 4. The van der Waals surface area contributed by atoms with Gasteiger partial charge in [0.25, 0.3) is 0 Å². The summed E-state index contributed by atoms with van der Waals surface area (Å²) in [5.74, 6) is 0.610. The van der Waals surface area contributed by atoms with Crippen LogP contribution in [0, 0.1) is 5.92 Å². The van der Waals surface area contributed by atoms with E-state index in [9.17, 15) is 0 Å². The Morgan fingerprint density at radius 3 is 2.54 bits per heavy atom. The van der Waals surface area contributed by atoms with Crippen LogP contribution in [0.25, 0.3) is 0 Å². The molecule has 1 N–H and O–H groups in total. The molecule has 0 unspecified atom stereocenters. The van der Waals surface area contributed by atoms with Gasteiger partial charge in [0.15, 0.2) is 0 Å². The van der Waals surface area contributed by atoms with Gasteiger partial charge in [0.05, 0.1) is 6.61 Å². The van der Waals surface area contributed by atoms with Gasteiger partial charge < -0.3 is 9.74 Å². The highest BCUT2D eigenvalue weighted by Crippen LogP contribution is 2.08. The maximum Gasteiger partial charge on any atom is 0.0705 e. The molecule has 0 aliphatic carbocycles. The normalized spacial score (nSPS) is 21.2. The summed E-state index contributed by atoms with van der Waals surface area (Å²) in [5.41, 5.74) is 3.15. The van der Waals surface area contributed by atoms with Gasteiger partial charge in [0.2, 0.25) is 0 Å². The number of nitrogens with zero attached hydrogens (tertiary/aromatic N) is 1. The Kier molecular flexibility index (Phi) is 4.70. The summed E-state index contributed by atoms with van der Waals surface area (Å²) in [4.78, 5) is 7.76. The lowest BCUT2D eigenvalue weighted by molar-refractivity contribution is -0.0118. The van der Waals surface area contributed by atoms with E-state index in [4.69, 9.17) is 4.84 Å². The lowest BCUT2D eigenvalue weighted by Crippen LogP contribution is -2.41. The Balaban J connectivity index is 2.02. The van der Waals surface area contributed by atoms with E-state index in [0.29, 0.717) is 12.0 Å². The Morgan fingerprint density at radius 2 is 2.00 bits per heavy atom. The fourth-order valence-electron chi connectivity index (χ4n) is 1.46. The fourth-order valence-corrected chi connectivity index (χ4v) is 1.46. The summed E-state index contributed by atoms with van der Waals surface area (Å²) in [6, 6.07) is 0.565. The summed E-state index contributed by atoms with van der Waals surface area (Å²) in [6.07, 6.45) is 2.41. The van der Waals surface area contributed by atoms with Gasteiger partial charge in [0, 0.05) is 6.04 Å². The SMILES string of the molecule is CC(C)CONC1CCN(C)CC1. The molecular formula is C10H22N2O. The monoisotopic (exact) mass is 186 g/mol. The van der Waals surface area contributed by atoms with Crippen molar-refractivity contribution in [1.82, 2.24) is 10.4 Å². The van der Waals surface area contributed by atoms with E-state index in [1.807, 2.05) is 0 Å². The number of hydroxylamine groups is 1. The Morgan fingerprint density at radius 1 is 1.38 bits per heavy atom. The largest absolute Gasteiger partial charge is 0.306 e. The third kappa shape index (κ3) is 4.60. The lowest BCUT2D eigenvalue weighted by atomic mass is 10.1. The first-order valence-electron chi connectivity index (χ1n) is 5.24. The van der Waals surface area contributed by atoms with Crippen LogP contribution in [0.15, 0.2) is 0 Å². The molecule has 1 saturated heterocycles. The van der Waals surface area contributed by atoms with Crippen molar-refractivity contribution >= 4 is 0 Å². The third-order valence-corrected chi connectivity index (χ3v) is 2.39. The van der Waals surface area contributed by atoms with Gasteiger partial charge in [-0.05, 0) is 38.9 Å². The first-order valence-corrected chi connectivity index (χ1v) is 5.24. The van der Waals surface area contributed by atoms with Gasteiger partial charge in [-0.15, -0.1) is 0 Å². The number of likely N-dealkylation sites (tertiary alicyclic amines) is 1. The Hall–Kier alpha value is -0.120. The van der Waals surface area contributed by atoms with Gasteiger partial charge in [-0.3, -0.25) is 0 Å². The van der Waals surface area contributed by atoms with E-state index in [-0.39, 0.29) is 0 Å². The van der Waals surface area contributed by atoms with Crippen molar-refractivity contribution in [2.75, 3.05) is 26.7 Å². The fraction of sp³-hybridized carbons (Fsp3) is 1.00. The minimum Gasteiger partial charge on any atom is -0.306 e. The highest BCUT2D eigenvalue weighted by molar-refractivity contribution is 4.72. The van der Waals surface area contributed by atoms with E-state index >= 15 is 0 Å². The summed E-state index contributed by atoms with van der Waals surface area (Å²) in [6.45, 7) is 7.50. The van der Waals surface area contributed by atoms with Crippen molar-refractivity contribution in [2.45, 2.75) is 32.7 Å². The van der Waals surface area contributed by atoms with Crippen molar-refractivity contribution in [3.63, 3.8) is 0 Å². The van der Waals surface area contributed by atoms with Crippen LogP contribution in [0.2, 0.25) is 0 Å². The molecule has 0 aromatic carbocycles. The van der Waals surface area contributed by atoms with Crippen LogP contribution >= 0.6 is 0 Å².